The number of carbonyl (C=O) groups excluding carboxylic acids is 1. The minimum Gasteiger partial charge on any atom is -0.468 e. The number of halogens is 1. The molecule has 1 amide bonds. The van der Waals surface area contributed by atoms with Gasteiger partial charge in [-0.25, -0.2) is 12.8 Å². The van der Waals surface area contributed by atoms with E-state index in [4.69, 9.17) is 4.42 Å². The second-order valence-electron chi connectivity index (χ2n) is 7.30. The molecule has 3 aromatic rings. The van der Waals surface area contributed by atoms with E-state index in [1.807, 2.05) is 25.1 Å². The molecule has 2 aromatic carbocycles. The summed E-state index contributed by atoms with van der Waals surface area (Å²) < 4.78 is 46.3. The maximum Gasteiger partial charge on any atom is 0.261 e. The van der Waals surface area contributed by atoms with Crippen LogP contribution in [0.5, 0.6) is 0 Å². The Morgan fingerprint density at radius 1 is 1.13 bits per heavy atom. The minimum absolute atomic E-state index is 0.0409. The number of amides is 1. The van der Waals surface area contributed by atoms with Crippen LogP contribution in [0.1, 0.15) is 27.7 Å². The molecule has 3 rings (SSSR count). The molecule has 0 spiro atoms. The Balaban J connectivity index is 1.65. The highest BCUT2D eigenvalue weighted by atomic mass is 32.2. The van der Waals surface area contributed by atoms with E-state index in [-0.39, 0.29) is 22.4 Å². The van der Waals surface area contributed by atoms with E-state index >= 15 is 0 Å². The zero-order valence-corrected chi connectivity index (χ0v) is 18.2. The van der Waals surface area contributed by atoms with Crippen molar-refractivity contribution in [3.05, 3.63) is 83.6 Å². The first-order valence-electron chi connectivity index (χ1n) is 9.54. The lowest BCUT2D eigenvalue weighted by Gasteiger charge is -2.22. The summed E-state index contributed by atoms with van der Waals surface area (Å²) in [5.74, 6) is -0.0223. The minimum atomic E-state index is -3.87. The van der Waals surface area contributed by atoms with Gasteiger partial charge in [0.15, 0.2) is 0 Å². The molecule has 0 saturated heterocycles. The largest absolute Gasteiger partial charge is 0.468 e. The normalized spacial score (nSPS) is 12.5. The van der Waals surface area contributed by atoms with Crippen LogP contribution in [0.25, 0.3) is 0 Å². The molecule has 7 nitrogen and oxygen atoms in total. The van der Waals surface area contributed by atoms with Gasteiger partial charge in [0.25, 0.3) is 15.9 Å². The van der Waals surface area contributed by atoms with Crippen LogP contribution in [0.15, 0.2) is 70.2 Å². The van der Waals surface area contributed by atoms with Crippen molar-refractivity contribution in [3.63, 3.8) is 0 Å². The number of benzene rings is 2. The second-order valence-corrected chi connectivity index (χ2v) is 8.98. The van der Waals surface area contributed by atoms with Gasteiger partial charge in [-0.1, -0.05) is 0 Å². The Morgan fingerprint density at radius 2 is 1.84 bits per heavy atom. The van der Waals surface area contributed by atoms with Crippen molar-refractivity contribution < 1.29 is 22.0 Å². The van der Waals surface area contributed by atoms with Crippen LogP contribution in [0.3, 0.4) is 0 Å². The van der Waals surface area contributed by atoms with Gasteiger partial charge in [-0.15, -0.1) is 0 Å². The number of nitrogens with zero attached hydrogens (tertiary/aromatic N) is 1. The molecule has 0 fully saturated rings. The number of sulfonamides is 1. The van der Waals surface area contributed by atoms with Crippen molar-refractivity contribution >= 4 is 21.6 Å². The van der Waals surface area contributed by atoms with Gasteiger partial charge in [-0.05, 0) is 81.2 Å². The van der Waals surface area contributed by atoms with Crippen molar-refractivity contribution in [1.29, 1.82) is 0 Å². The van der Waals surface area contributed by atoms with Crippen LogP contribution < -0.4 is 10.0 Å². The Morgan fingerprint density at radius 3 is 2.42 bits per heavy atom. The van der Waals surface area contributed by atoms with Gasteiger partial charge in [-0.2, -0.15) is 0 Å². The lowest BCUT2D eigenvalue weighted by Crippen LogP contribution is -2.34. The summed E-state index contributed by atoms with van der Waals surface area (Å²) in [6, 6.07) is 13.2. The third-order valence-electron chi connectivity index (χ3n) is 4.79. The summed E-state index contributed by atoms with van der Waals surface area (Å²) in [5.41, 5.74) is 0.915. The number of hydrogen-bond acceptors (Lipinski definition) is 5. The van der Waals surface area contributed by atoms with Crippen molar-refractivity contribution in [2.45, 2.75) is 17.9 Å². The molecule has 1 atom stereocenters. The molecule has 0 aliphatic heterocycles. The molecule has 0 aliphatic carbocycles. The zero-order chi connectivity index (χ0) is 22.6. The van der Waals surface area contributed by atoms with Crippen LogP contribution in [-0.4, -0.2) is 39.9 Å². The number of aryl methyl sites for hydroxylation is 1. The molecular formula is C22H24FN3O4S. The fourth-order valence-electron chi connectivity index (χ4n) is 3.00. The topological polar surface area (TPSA) is 91.6 Å². The zero-order valence-electron chi connectivity index (χ0n) is 17.4. The number of furan rings is 1. The summed E-state index contributed by atoms with van der Waals surface area (Å²) in [6.07, 6.45) is 1.58. The molecule has 164 valence electrons. The van der Waals surface area contributed by atoms with E-state index in [2.05, 4.69) is 10.0 Å². The second kappa shape index (κ2) is 9.32. The van der Waals surface area contributed by atoms with Crippen molar-refractivity contribution in [2.75, 3.05) is 25.4 Å². The lowest BCUT2D eigenvalue weighted by molar-refractivity contribution is 0.0939. The van der Waals surface area contributed by atoms with E-state index in [9.17, 15) is 17.6 Å². The summed E-state index contributed by atoms with van der Waals surface area (Å²) in [6.45, 7) is 1.84. The highest BCUT2D eigenvalue weighted by Crippen LogP contribution is 2.20. The molecule has 0 saturated carbocycles. The Labute approximate surface area is 180 Å². The Kier molecular flexibility index (Phi) is 6.77. The third-order valence-corrected chi connectivity index (χ3v) is 6.17. The number of nitrogens with one attached hydrogen (secondary N) is 2. The number of likely N-dealkylation sites (N-methyl/N-ethyl adjacent to an activating group) is 1. The van der Waals surface area contributed by atoms with Crippen molar-refractivity contribution in [3.8, 4) is 0 Å². The highest BCUT2D eigenvalue weighted by Gasteiger charge is 2.19. The molecule has 31 heavy (non-hydrogen) atoms. The number of hydrogen-bond donors (Lipinski definition) is 2. The predicted octanol–water partition coefficient (Wildman–Crippen LogP) is 3.56. The maximum absolute atomic E-state index is 13.4. The molecule has 0 bridgehead atoms. The molecule has 9 heteroatoms. The first kappa shape index (κ1) is 22.5. The standard InChI is InChI=1S/C22H24FN3O4S/c1-15-13-18(10-11-19(15)23)31(28,29)25-17-8-6-16(7-9-17)22(27)24-14-20(26(2)3)21-5-4-12-30-21/h4-13,20,25H,14H2,1-3H3,(H,24,27)/t20-/m0/s1. The predicted molar refractivity (Wildman–Crippen MR) is 116 cm³/mol. The average molecular weight is 446 g/mol. The molecule has 1 aromatic heterocycles. The van der Waals surface area contributed by atoms with E-state index < -0.39 is 15.8 Å². The summed E-state index contributed by atoms with van der Waals surface area (Å²) >= 11 is 0. The SMILES string of the molecule is Cc1cc(S(=O)(=O)Nc2ccc(C(=O)NC[C@@H](c3ccco3)N(C)C)cc2)ccc1F. The quantitative estimate of drug-likeness (QED) is 0.553. The molecule has 0 radical (unpaired) electrons. The molecular weight excluding hydrogens is 421 g/mol. The van der Waals surface area contributed by atoms with Gasteiger partial charge in [0, 0.05) is 17.8 Å². The van der Waals surface area contributed by atoms with Gasteiger partial charge in [0.2, 0.25) is 0 Å². The first-order valence-corrected chi connectivity index (χ1v) is 11.0. The Hall–Kier alpha value is -3.17. The summed E-state index contributed by atoms with van der Waals surface area (Å²) in [4.78, 5) is 14.4. The number of rotatable bonds is 8. The van der Waals surface area contributed by atoms with Gasteiger partial charge in [-0.3, -0.25) is 14.4 Å². The van der Waals surface area contributed by atoms with Crippen LogP contribution in [0, 0.1) is 12.7 Å². The monoisotopic (exact) mass is 445 g/mol. The van der Waals surface area contributed by atoms with E-state index in [1.54, 1.807) is 12.3 Å². The van der Waals surface area contributed by atoms with E-state index in [1.165, 1.54) is 43.3 Å². The maximum atomic E-state index is 13.4. The van der Waals surface area contributed by atoms with Crippen LogP contribution in [-0.2, 0) is 10.0 Å². The van der Waals surface area contributed by atoms with Gasteiger partial charge < -0.3 is 9.73 Å². The van der Waals surface area contributed by atoms with Gasteiger partial charge in [0.05, 0.1) is 17.2 Å². The Bertz CT molecular complexity index is 1140. The molecule has 0 unspecified atom stereocenters. The van der Waals surface area contributed by atoms with Crippen LogP contribution >= 0.6 is 0 Å². The van der Waals surface area contributed by atoms with Gasteiger partial charge >= 0.3 is 0 Å². The van der Waals surface area contributed by atoms with E-state index in [0.717, 1.165) is 11.8 Å². The third kappa shape index (κ3) is 5.50. The molecule has 1 heterocycles. The summed E-state index contributed by atoms with van der Waals surface area (Å²) in [7, 11) is -0.0915. The lowest BCUT2D eigenvalue weighted by atomic mass is 10.1. The van der Waals surface area contributed by atoms with Crippen molar-refractivity contribution in [1.82, 2.24) is 10.2 Å². The first-order chi connectivity index (χ1) is 14.7. The van der Waals surface area contributed by atoms with E-state index in [0.29, 0.717) is 17.8 Å². The average Bonchev–Trinajstić information content (AvgIpc) is 3.24. The fourth-order valence-corrected chi connectivity index (χ4v) is 4.14. The summed E-state index contributed by atoms with van der Waals surface area (Å²) in [5, 5.41) is 2.86. The smallest absolute Gasteiger partial charge is 0.261 e. The number of carbonyl (C=O) groups is 1. The highest BCUT2D eigenvalue weighted by molar-refractivity contribution is 7.92. The van der Waals surface area contributed by atoms with Crippen molar-refractivity contribution in [2.24, 2.45) is 0 Å². The molecule has 0 aliphatic rings. The van der Waals surface area contributed by atoms with Gasteiger partial charge in [0.1, 0.15) is 11.6 Å². The van der Waals surface area contributed by atoms with Crippen LogP contribution in [0.2, 0.25) is 0 Å². The fraction of sp³-hybridized carbons (Fsp3) is 0.227. The number of anilines is 1. The van der Waals surface area contributed by atoms with Crippen LogP contribution in [0.4, 0.5) is 10.1 Å². The molecule has 2 N–H and O–H groups in total.